The Morgan fingerprint density at radius 3 is 2.86 bits per heavy atom. The lowest BCUT2D eigenvalue weighted by atomic mass is 9.98. The molecular formula is C24H29N5O5S2. The highest BCUT2D eigenvalue weighted by Gasteiger charge is 2.20. The third-order valence-electron chi connectivity index (χ3n) is 5.90. The fourth-order valence-electron chi connectivity index (χ4n) is 4.14. The molecule has 2 aromatic heterocycles. The van der Waals surface area contributed by atoms with E-state index in [4.69, 9.17) is 4.74 Å². The number of aromatic nitrogens is 2. The first-order valence-electron chi connectivity index (χ1n) is 11.5. The largest absolute Gasteiger partial charge is 0.384 e. The van der Waals surface area contributed by atoms with Gasteiger partial charge in [-0.2, -0.15) is 0 Å². The van der Waals surface area contributed by atoms with Crippen molar-refractivity contribution in [2.45, 2.75) is 12.8 Å². The zero-order valence-corrected chi connectivity index (χ0v) is 21.8. The number of benzene rings is 1. The average Bonchev–Trinajstić information content (AvgIpc) is 3.53. The summed E-state index contributed by atoms with van der Waals surface area (Å²) in [6, 6.07) is 9.58. The van der Waals surface area contributed by atoms with Gasteiger partial charge in [-0.1, -0.05) is 12.1 Å². The minimum atomic E-state index is -3.48. The van der Waals surface area contributed by atoms with Crippen molar-refractivity contribution in [3.63, 3.8) is 0 Å². The molecule has 192 valence electrons. The van der Waals surface area contributed by atoms with Crippen LogP contribution in [-0.2, 0) is 19.6 Å². The molecule has 10 nitrogen and oxygen atoms in total. The summed E-state index contributed by atoms with van der Waals surface area (Å²) in [4.78, 5) is 31.5. The highest BCUT2D eigenvalue weighted by molar-refractivity contribution is 7.89. The van der Waals surface area contributed by atoms with Crippen molar-refractivity contribution in [3.8, 4) is 11.3 Å². The SMILES string of the molecule is COC[C@H]1CCCN(c2cccc(-c3csc(NC(=O)CNC(=O)c4ccn(S(C)(=O)=O)c4)n3)c2)C1. The van der Waals surface area contributed by atoms with E-state index in [1.807, 2.05) is 17.5 Å². The molecule has 0 unspecified atom stereocenters. The molecule has 3 heterocycles. The van der Waals surface area contributed by atoms with E-state index in [-0.39, 0.29) is 12.1 Å². The zero-order chi connectivity index (χ0) is 25.7. The number of methoxy groups -OCH3 is 1. The molecule has 2 N–H and O–H groups in total. The molecular weight excluding hydrogens is 502 g/mol. The molecule has 0 bridgehead atoms. The van der Waals surface area contributed by atoms with E-state index in [1.54, 1.807) is 7.11 Å². The predicted molar refractivity (Wildman–Crippen MR) is 140 cm³/mol. The lowest BCUT2D eigenvalue weighted by Crippen LogP contribution is -2.37. The molecule has 0 aliphatic carbocycles. The minimum absolute atomic E-state index is 0.145. The number of piperidine rings is 1. The standard InChI is InChI=1S/C24H29N5O5S2/c1-34-15-17-5-4-9-28(13-17)20-7-3-6-18(11-20)21-16-35-24(26-21)27-22(30)12-25-23(31)19-8-10-29(14-19)36(2,32)33/h3,6-8,10-11,14,16-17H,4-5,9,12-13,15H2,1-2H3,(H,25,31)(H,26,27,30)/t17-/m0/s1. The Hall–Kier alpha value is -3.22. The second-order valence-electron chi connectivity index (χ2n) is 8.72. The van der Waals surface area contributed by atoms with Crippen LogP contribution in [0, 0.1) is 5.92 Å². The molecule has 1 aromatic carbocycles. The first kappa shape index (κ1) is 25.9. The van der Waals surface area contributed by atoms with Crippen molar-refractivity contribution >= 4 is 44.0 Å². The maximum atomic E-state index is 12.3. The predicted octanol–water partition coefficient (Wildman–Crippen LogP) is 2.65. The van der Waals surface area contributed by atoms with Crippen LogP contribution < -0.4 is 15.5 Å². The smallest absolute Gasteiger partial charge is 0.253 e. The minimum Gasteiger partial charge on any atom is -0.384 e. The van der Waals surface area contributed by atoms with Gasteiger partial charge in [0, 0.05) is 49.2 Å². The number of thiazole rings is 1. The van der Waals surface area contributed by atoms with Gasteiger partial charge in [-0.15, -0.1) is 11.3 Å². The van der Waals surface area contributed by atoms with E-state index in [1.165, 1.54) is 36.2 Å². The number of nitrogens with one attached hydrogen (secondary N) is 2. The van der Waals surface area contributed by atoms with Crippen molar-refractivity contribution in [1.82, 2.24) is 14.3 Å². The van der Waals surface area contributed by atoms with Crippen LogP contribution in [-0.4, -0.2) is 68.8 Å². The van der Waals surface area contributed by atoms with E-state index in [2.05, 4.69) is 32.7 Å². The van der Waals surface area contributed by atoms with E-state index in [9.17, 15) is 18.0 Å². The van der Waals surface area contributed by atoms with Gasteiger partial charge < -0.3 is 20.3 Å². The third kappa shape index (κ3) is 6.50. The Balaban J connectivity index is 1.33. The van der Waals surface area contributed by atoms with Crippen LogP contribution in [0.1, 0.15) is 23.2 Å². The average molecular weight is 532 g/mol. The van der Waals surface area contributed by atoms with Crippen LogP contribution in [0.3, 0.4) is 0 Å². The Morgan fingerprint density at radius 2 is 2.11 bits per heavy atom. The van der Waals surface area contributed by atoms with Gasteiger partial charge in [0.15, 0.2) is 5.13 Å². The van der Waals surface area contributed by atoms with Crippen molar-refractivity contribution in [2.75, 3.05) is 49.8 Å². The Bertz CT molecular complexity index is 1330. The van der Waals surface area contributed by atoms with Crippen LogP contribution in [0.5, 0.6) is 0 Å². The Labute approximate surface area is 214 Å². The van der Waals surface area contributed by atoms with E-state index >= 15 is 0 Å². The summed E-state index contributed by atoms with van der Waals surface area (Å²) in [6.45, 7) is 2.46. The highest BCUT2D eigenvalue weighted by Crippen LogP contribution is 2.30. The normalized spacial score (nSPS) is 16.1. The number of anilines is 2. The summed E-state index contributed by atoms with van der Waals surface area (Å²) < 4.78 is 29.4. The second kappa shape index (κ2) is 11.2. The zero-order valence-electron chi connectivity index (χ0n) is 20.1. The number of rotatable bonds is 9. The molecule has 3 aromatic rings. The molecule has 1 saturated heterocycles. The fourth-order valence-corrected chi connectivity index (χ4v) is 5.46. The van der Waals surface area contributed by atoms with Crippen molar-refractivity contribution in [1.29, 1.82) is 0 Å². The summed E-state index contributed by atoms with van der Waals surface area (Å²) in [5, 5.41) is 7.48. The third-order valence-corrected chi connectivity index (χ3v) is 7.65. The summed E-state index contributed by atoms with van der Waals surface area (Å²) >= 11 is 1.30. The van der Waals surface area contributed by atoms with Gasteiger partial charge in [0.25, 0.3) is 5.91 Å². The number of carbonyl (C=O) groups excluding carboxylic acids is 2. The number of ether oxygens (including phenoxy) is 1. The lowest BCUT2D eigenvalue weighted by molar-refractivity contribution is -0.115. The van der Waals surface area contributed by atoms with Gasteiger partial charge in [0.2, 0.25) is 15.9 Å². The van der Waals surface area contributed by atoms with Crippen molar-refractivity contribution in [2.24, 2.45) is 5.92 Å². The monoisotopic (exact) mass is 531 g/mol. The van der Waals surface area contributed by atoms with Gasteiger partial charge in [-0.25, -0.2) is 13.4 Å². The number of nitrogens with zero attached hydrogens (tertiary/aromatic N) is 3. The molecule has 2 amide bonds. The summed E-state index contributed by atoms with van der Waals surface area (Å²) in [6.07, 6.45) is 5.82. The molecule has 4 rings (SSSR count). The van der Waals surface area contributed by atoms with Crippen molar-refractivity contribution in [3.05, 3.63) is 53.7 Å². The van der Waals surface area contributed by atoms with Crippen molar-refractivity contribution < 1.29 is 22.7 Å². The van der Waals surface area contributed by atoms with Crippen LogP contribution in [0.2, 0.25) is 0 Å². The van der Waals surface area contributed by atoms with Crippen LogP contribution in [0.15, 0.2) is 48.1 Å². The fraction of sp³-hybridized carbons (Fsp3) is 0.375. The summed E-state index contributed by atoms with van der Waals surface area (Å²) in [5.74, 6) is -0.457. The molecule has 0 radical (unpaired) electrons. The Morgan fingerprint density at radius 1 is 1.28 bits per heavy atom. The van der Waals surface area contributed by atoms with Crippen LogP contribution >= 0.6 is 11.3 Å². The van der Waals surface area contributed by atoms with Gasteiger partial charge in [-0.3, -0.25) is 13.6 Å². The highest BCUT2D eigenvalue weighted by atomic mass is 32.2. The maximum absolute atomic E-state index is 12.3. The lowest BCUT2D eigenvalue weighted by Gasteiger charge is -2.34. The Kier molecular flexibility index (Phi) is 8.07. The molecule has 0 saturated carbocycles. The number of amides is 2. The quantitative estimate of drug-likeness (QED) is 0.435. The molecule has 0 spiro atoms. The second-order valence-corrected chi connectivity index (χ2v) is 11.5. The van der Waals surface area contributed by atoms with Crippen LogP contribution in [0.25, 0.3) is 11.3 Å². The van der Waals surface area contributed by atoms with Gasteiger partial charge in [0.05, 0.1) is 30.7 Å². The first-order valence-corrected chi connectivity index (χ1v) is 14.2. The van der Waals surface area contributed by atoms with Gasteiger partial charge >= 0.3 is 0 Å². The summed E-state index contributed by atoms with van der Waals surface area (Å²) in [5.41, 5.74) is 3.00. The number of hydrogen-bond donors (Lipinski definition) is 2. The number of carbonyl (C=O) groups is 2. The topological polar surface area (TPSA) is 123 Å². The number of hydrogen-bond acceptors (Lipinski definition) is 8. The summed E-state index contributed by atoms with van der Waals surface area (Å²) in [7, 11) is -1.74. The maximum Gasteiger partial charge on any atom is 0.253 e. The van der Waals surface area contributed by atoms with Gasteiger partial charge in [0.1, 0.15) is 0 Å². The van der Waals surface area contributed by atoms with E-state index < -0.39 is 21.8 Å². The molecule has 1 aliphatic heterocycles. The van der Waals surface area contributed by atoms with E-state index in [0.717, 1.165) is 53.3 Å². The van der Waals surface area contributed by atoms with Crippen LogP contribution in [0.4, 0.5) is 10.8 Å². The molecule has 1 atom stereocenters. The molecule has 36 heavy (non-hydrogen) atoms. The molecule has 1 fully saturated rings. The molecule has 12 heteroatoms. The molecule has 1 aliphatic rings. The van der Waals surface area contributed by atoms with Gasteiger partial charge in [-0.05, 0) is 37.0 Å². The first-order chi connectivity index (χ1) is 17.2. The van der Waals surface area contributed by atoms with E-state index in [0.29, 0.717) is 11.0 Å².